The third kappa shape index (κ3) is 3.68. The molecule has 1 aromatic heterocycles. The predicted molar refractivity (Wildman–Crippen MR) is 90.8 cm³/mol. The van der Waals surface area contributed by atoms with Crippen LogP contribution in [0, 0.1) is 0 Å². The molecule has 1 amide bonds. The van der Waals surface area contributed by atoms with Gasteiger partial charge in [0.2, 0.25) is 0 Å². The van der Waals surface area contributed by atoms with Gasteiger partial charge in [-0.3, -0.25) is 0 Å². The Morgan fingerprint density at radius 2 is 2.04 bits per heavy atom. The number of carbonyl (C=O) groups excluding carboxylic acids is 1. The third-order valence-corrected chi connectivity index (χ3v) is 4.86. The van der Waals surface area contributed by atoms with E-state index in [4.69, 9.17) is 16.3 Å². The van der Waals surface area contributed by atoms with Gasteiger partial charge in [0.1, 0.15) is 11.5 Å². The molecule has 1 saturated carbocycles. The number of hydrogen-bond acceptors (Lipinski definition) is 5. The normalized spacial score (nSPS) is 13.5. The SMILES string of the molecule is O=C(O)c1sc(N(C(=O)OCc2ccccc2)C2CC2)nc1CCl. The van der Waals surface area contributed by atoms with Gasteiger partial charge in [-0.05, 0) is 18.4 Å². The minimum absolute atomic E-state index is 0.00393. The maximum atomic E-state index is 12.5. The fourth-order valence-corrected chi connectivity index (χ4v) is 3.46. The van der Waals surface area contributed by atoms with Gasteiger partial charge < -0.3 is 9.84 Å². The highest BCUT2D eigenvalue weighted by Gasteiger charge is 2.37. The lowest BCUT2D eigenvalue weighted by Gasteiger charge is -2.18. The molecule has 8 heteroatoms. The van der Waals surface area contributed by atoms with Crippen molar-refractivity contribution in [3.63, 3.8) is 0 Å². The molecule has 1 aliphatic carbocycles. The molecule has 0 spiro atoms. The molecule has 6 nitrogen and oxygen atoms in total. The molecular formula is C16H15ClN2O4S. The summed E-state index contributed by atoms with van der Waals surface area (Å²) in [5.41, 5.74) is 1.15. The Morgan fingerprint density at radius 3 is 2.58 bits per heavy atom. The first-order valence-electron chi connectivity index (χ1n) is 7.39. The molecule has 0 atom stereocenters. The van der Waals surface area contributed by atoms with Crippen molar-refractivity contribution >= 4 is 40.1 Å². The Labute approximate surface area is 147 Å². The van der Waals surface area contributed by atoms with Crippen molar-refractivity contribution in [1.29, 1.82) is 0 Å². The summed E-state index contributed by atoms with van der Waals surface area (Å²) >= 11 is 6.70. The molecular weight excluding hydrogens is 352 g/mol. The Kier molecular flexibility index (Phi) is 5.01. The van der Waals surface area contributed by atoms with Gasteiger partial charge in [0.05, 0.1) is 11.6 Å². The Bertz CT molecular complexity index is 746. The smallest absolute Gasteiger partial charge is 0.416 e. The molecule has 24 heavy (non-hydrogen) atoms. The first kappa shape index (κ1) is 16.7. The van der Waals surface area contributed by atoms with Gasteiger partial charge in [-0.2, -0.15) is 0 Å². The van der Waals surface area contributed by atoms with E-state index in [1.54, 1.807) is 0 Å². The summed E-state index contributed by atoms with van der Waals surface area (Å²) in [6.45, 7) is 0.155. The fraction of sp³-hybridized carbons (Fsp3) is 0.312. The lowest BCUT2D eigenvalue weighted by molar-refractivity contribution is 0.0701. The molecule has 126 valence electrons. The first-order valence-corrected chi connectivity index (χ1v) is 8.74. The molecule has 1 fully saturated rings. The molecule has 0 bridgehead atoms. The number of amides is 1. The third-order valence-electron chi connectivity index (χ3n) is 3.53. The van der Waals surface area contributed by atoms with Crippen molar-refractivity contribution in [3.8, 4) is 0 Å². The minimum atomic E-state index is -1.09. The number of ether oxygens (including phenoxy) is 1. The van der Waals surface area contributed by atoms with Crippen LogP contribution in [0.4, 0.5) is 9.93 Å². The van der Waals surface area contributed by atoms with E-state index in [9.17, 15) is 14.7 Å². The molecule has 0 radical (unpaired) electrons. The summed E-state index contributed by atoms with van der Waals surface area (Å²) in [6.07, 6.45) is 1.17. The number of carboxylic acid groups (broad SMARTS) is 1. The van der Waals surface area contributed by atoms with Crippen molar-refractivity contribution < 1.29 is 19.4 Å². The fourth-order valence-electron chi connectivity index (χ4n) is 2.20. The highest BCUT2D eigenvalue weighted by atomic mass is 35.5. The van der Waals surface area contributed by atoms with E-state index in [0.29, 0.717) is 5.13 Å². The van der Waals surface area contributed by atoms with E-state index in [1.165, 1.54) is 4.90 Å². The van der Waals surface area contributed by atoms with Crippen molar-refractivity contribution in [2.24, 2.45) is 0 Å². The quantitative estimate of drug-likeness (QED) is 0.784. The first-order chi connectivity index (χ1) is 11.6. The second-order valence-corrected chi connectivity index (χ2v) is 6.60. The number of halogens is 1. The second-order valence-electron chi connectivity index (χ2n) is 5.35. The van der Waals surface area contributed by atoms with Crippen LogP contribution in [0.5, 0.6) is 0 Å². The van der Waals surface area contributed by atoms with Crippen LogP contribution in [0.3, 0.4) is 0 Å². The van der Waals surface area contributed by atoms with Gasteiger partial charge in [0.25, 0.3) is 0 Å². The van der Waals surface area contributed by atoms with E-state index in [0.717, 1.165) is 29.7 Å². The number of aromatic nitrogens is 1. The zero-order chi connectivity index (χ0) is 17.1. The highest BCUT2D eigenvalue weighted by molar-refractivity contribution is 7.17. The average molecular weight is 367 g/mol. The Morgan fingerprint density at radius 1 is 1.33 bits per heavy atom. The Hall–Kier alpha value is -2.12. The number of benzene rings is 1. The van der Waals surface area contributed by atoms with Gasteiger partial charge >= 0.3 is 12.1 Å². The predicted octanol–water partition coefficient (Wildman–Crippen LogP) is 3.89. The molecule has 0 saturated heterocycles. The van der Waals surface area contributed by atoms with Crippen LogP contribution in [0.25, 0.3) is 0 Å². The van der Waals surface area contributed by atoms with E-state index in [1.807, 2.05) is 30.3 Å². The molecule has 1 aliphatic rings. The zero-order valence-corrected chi connectivity index (χ0v) is 14.2. The minimum Gasteiger partial charge on any atom is -0.477 e. The van der Waals surface area contributed by atoms with Crippen LogP contribution in [0.15, 0.2) is 30.3 Å². The summed E-state index contributed by atoms with van der Waals surface area (Å²) in [7, 11) is 0. The molecule has 3 rings (SSSR count). The standard InChI is InChI=1S/C16H15ClN2O4S/c17-8-12-13(14(20)21)24-15(18-12)19(11-6-7-11)16(22)23-9-10-4-2-1-3-5-10/h1-5,11H,6-9H2,(H,20,21). The van der Waals surface area contributed by atoms with Crippen molar-refractivity contribution in [3.05, 3.63) is 46.5 Å². The van der Waals surface area contributed by atoms with Crippen LogP contribution in [-0.4, -0.2) is 28.2 Å². The number of anilines is 1. The average Bonchev–Trinajstić information content (AvgIpc) is 3.32. The van der Waals surface area contributed by atoms with Crippen molar-refractivity contribution in [2.75, 3.05) is 4.90 Å². The molecule has 0 aliphatic heterocycles. The van der Waals surface area contributed by atoms with E-state index in [-0.39, 0.29) is 29.1 Å². The number of thiazole rings is 1. The summed E-state index contributed by atoms with van der Waals surface area (Å²) in [5.74, 6) is -1.11. The van der Waals surface area contributed by atoms with Crippen LogP contribution in [-0.2, 0) is 17.2 Å². The number of carbonyl (C=O) groups is 2. The van der Waals surface area contributed by atoms with Crippen molar-refractivity contribution in [2.45, 2.75) is 31.4 Å². The summed E-state index contributed by atoms with van der Waals surface area (Å²) in [6, 6.07) is 9.37. The summed E-state index contributed by atoms with van der Waals surface area (Å²) in [5, 5.41) is 9.54. The second kappa shape index (κ2) is 7.19. The zero-order valence-electron chi connectivity index (χ0n) is 12.6. The number of nitrogens with zero attached hydrogens (tertiary/aromatic N) is 2. The van der Waals surface area contributed by atoms with E-state index >= 15 is 0 Å². The van der Waals surface area contributed by atoms with Crippen LogP contribution >= 0.6 is 22.9 Å². The monoisotopic (exact) mass is 366 g/mol. The summed E-state index contributed by atoms with van der Waals surface area (Å²) < 4.78 is 5.36. The van der Waals surface area contributed by atoms with Gasteiger partial charge in [-0.15, -0.1) is 11.6 Å². The lowest BCUT2D eigenvalue weighted by atomic mass is 10.2. The largest absolute Gasteiger partial charge is 0.477 e. The summed E-state index contributed by atoms with van der Waals surface area (Å²) in [4.78, 5) is 29.4. The number of alkyl halides is 1. The van der Waals surface area contributed by atoms with Gasteiger partial charge in [0.15, 0.2) is 5.13 Å². The van der Waals surface area contributed by atoms with E-state index in [2.05, 4.69) is 4.98 Å². The van der Waals surface area contributed by atoms with Crippen LogP contribution < -0.4 is 4.90 Å². The lowest BCUT2D eigenvalue weighted by Crippen LogP contribution is -2.33. The number of aromatic carboxylic acids is 1. The van der Waals surface area contributed by atoms with E-state index < -0.39 is 12.1 Å². The molecule has 1 heterocycles. The topological polar surface area (TPSA) is 79.7 Å². The number of hydrogen-bond donors (Lipinski definition) is 1. The highest BCUT2D eigenvalue weighted by Crippen LogP contribution is 2.36. The Balaban J connectivity index is 1.77. The van der Waals surface area contributed by atoms with Gasteiger partial charge in [0, 0.05) is 6.04 Å². The molecule has 2 aromatic rings. The molecule has 0 unspecified atom stereocenters. The van der Waals surface area contributed by atoms with Crippen molar-refractivity contribution in [1.82, 2.24) is 4.98 Å². The molecule has 1 aromatic carbocycles. The maximum Gasteiger partial charge on any atom is 0.416 e. The molecule has 1 N–H and O–H groups in total. The maximum absolute atomic E-state index is 12.5. The van der Waals surface area contributed by atoms with Gasteiger partial charge in [-0.25, -0.2) is 19.5 Å². The number of carboxylic acids is 1. The number of rotatable bonds is 6. The van der Waals surface area contributed by atoms with Crippen LogP contribution in [0.2, 0.25) is 0 Å². The van der Waals surface area contributed by atoms with Crippen LogP contribution in [0.1, 0.15) is 33.8 Å². The van der Waals surface area contributed by atoms with Gasteiger partial charge in [-0.1, -0.05) is 41.7 Å².